The van der Waals surface area contributed by atoms with Crippen molar-refractivity contribution >= 4 is 23.0 Å². The maximum Gasteiger partial charge on any atom is 0.354 e. The third-order valence-electron chi connectivity index (χ3n) is 1.32. The predicted molar refractivity (Wildman–Crippen MR) is 44.9 cm³/mol. The van der Waals surface area contributed by atoms with E-state index in [1.165, 1.54) is 11.3 Å². The summed E-state index contributed by atoms with van der Waals surface area (Å²) in [6.07, 6.45) is 0.162. The molecule has 0 saturated carbocycles. The van der Waals surface area contributed by atoms with Gasteiger partial charge in [-0.1, -0.05) is 5.16 Å². The van der Waals surface area contributed by atoms with Crippen molar-refractivity contribution in [2.75, 3.05) is 0 Å². The molecule has 0 unspecified atom stereocenters. The molecule has 2 N–H and O–H groups in total. The van der Waals surface area contributed by atoms with Crippen molar-refractivity contribution in [3.8, 4) is 0 Å². The number of hydrogen-bond donors (Lipinski definition) is 2. The van der Waals surface area contributed by atoms with E-state index in [1.807, 2.05) is 10.8 Å². The van der Waals surface area contributed by atoms with Crippen molar-refractivity contribution in [2.45, 2.75) is 6.42 Å². The molecule has 1 rings (SSSR count). The zero-order valence-corrected chi connectivity index (χ0v) is 6.91. The van der Waals surface area contributed by atoms with Crippen LogP contribution >= 0.6 is 11.3 Å². The number of nitrogens with zero attached hydrogens (tertiary/aromatic N) is 1. The second kappa shape index (κ2) is 3.87. The van der Waals surface area contributed by atoms with Crippen molar-refractivity contribution in [1.29, 1.82) is 0 Å². The minimum absolute atomic E-state index is 0.162. The summed E-state index contributed by atoms with van der Waals surface area (Å²) in [6, 6.07) is 1.79. The molecule has 0 fully saturated rings. The summed E-state index contributed by atoms with van der Waals surface area (Å²) in [5.74, 6) is -1.19. The molecular formula is C7H7NO3S. The summed E-state index contributed by atoms with van der Waals surface area (Å²) in [7, 11) is 0. The molecule has 5 heteroatoms. The fourth-order valence-electron chi connectivity index (χ4n) is 0.740. The zero-order valence-electron chi connectivity index (χ0n) is 6.10. The third kappa shape index (κ3) is 2.06. The molecule has 1 aromatic heterocycles. The van der Waals surface area contributed by atoms with Crippen LogP contribution in [0.5, 0.6) is 0 Å². The van der Waals surface area contributed by atoms with Gasteiger partial charge in [0.2, 0.25) is 0 Å². The fraction of sp³-hybridized carbons (Fsp3) is 0.143. The minimum atomic E-state index is -1.19. The van der Waals surface area contributed by atoms with Gasteiger partial charge >= 0.3 is 5.97 Å². The van der Waals surface area contributed by atoms with Gasteiger partial charge in [-0.2, -0.15) is 11.3 Å². The molecule has 0 aliphatic heterocycles. The summed E-state index contributed by atoms with van der Waals surface area (Å²) < 4.78 is 0. The molecule has 0 bridgehead atoms. The highest BCUT2D eigenvalue weighted by molar-refractivity contribution is 7.08. The van der Waals surface area contributed by atoms with Crippen LogP contribution in [0.2, 0.25) is 0 Å². The van der Waals surface area contributed by atoms with E-state index in [9.17, 15) is 4.79 Å². The fourth-order valence-corrected chi connectivity index (χ4v) is 1.41. The lowest BCUT2D eigenvalue weighted by Gasteiger charge is -1.94. The summed E-state index contributed by atoms with van der Waals surface area (Å²) in [5.41, 5.74) is 0.601. The number of carboxylic acid groups (broad SMARTS) is 1. The highest BCUT2D eigenvalue weighted by Crippen LogP contribution is 2.07. The first-order chi connectivity index (χ1) is 5.74. The molecule has 1 aromatic rings. The molecule has 0 aromatic carbocycles. The van der Waals surface area contributed by atoms with Crippen LogP contribution in [0, 0.1) is 0 Å². The van der Waals surface area contributed by atoms with Gasteiger partial charge in [0.05, 0.1) is 0 Å². The number of aliphatic carboxylic acids is 1. The molecule has 64 valence electrons. The van der Waals surface area contributed by atoms with Gasteiger partial charge in [0.15, 0.2) is 5.71 Å². The first kappa shape index (κ1) is 8.73. The Balaban J connectivity index is 2.68. The number of rotatable bonds is 3. The van der Waals surface area contributed by atoms with E-state index in [4.69, 9.17) is 10.3 Å². The first-order valence-electron chi connectivity index (χ1n) is 3.19. The van der Waals surface area contributed by atoms with Crippen LogP contribution in [-0.4, -0.2) is 22.0 Å². The van der Waals surface area contributed by atoms with E-state index in [-0.39, 0.29) is 12.1 Å². The largest absolute Gasteiger partial charge is 0.477 e. The number of thiophene rings is 1. The first-order valence-corrected chi connectivity index (χ1v) is 4.13. The smallest absolute Gasteiger partial charge is 0.354 e. The Kier molecular flexibility index (Phi) is 2.82. The quantitative estimate of drug-likeness (QED) is 0.422. The number of oxime groups is 1. The molecule has 0 saturated heterocycles. The van der Waals surface area contributed by atoms with Gasteiger partial charge in [-0.25, -0.2) is 4.79 Å². The SMILES string of the molecule is O=C(O)C(Cc1ccsc1)=NO. The lowest BCUT2D eigenvalue weighted by Crippen LogP contribution is -2.15. The van der Waals surface area contributed by atoms with Gasteiger partial charge < -0.3 is 10.3 Å². The monoisotopic (exact) mass is 185 g/mol. The van der Waals surface area contributed by atoms with Crippen molar-refractivity contribution in [3.63, 3.8) is 0 Å². The van der Waals surface area contributed by atoms with Gasteiger partial charge in [0.25, 0.3) is 0 Å². The van der Waals surface area contributed by atoms with Crippen LogP contribution in [0.25, 0.3) is 0 Å². The normalized spacial score (nSPS) is 11.5. The van der Waals surface area contributed by atoms with Crippen molar-refractivity contribution in [1.82, 2.24) is 0 Å². The van der Waals surface area contributed by atoms with Crippen LogP contribution in [-0.2, 0) is 11.2 Å². The van der Waals surface area contributed by atoms with Gasteiger partial charge in [0, 0.05) is 6.42 Å². The Bertz CT molecular complexity index is 292. The molecule has 0 amide bonds. The van der Waals surface area contributed by atoms with Crippen LogP contribution in [0.15, 0.2) is 22.0 Å². The van der Waals surface area contributed by atoms with E-state index in [0.29, 0.717) is 0 Å². The molecule has 1 heterocycles. The van der Waals surface area contributed by atoms with Gasteiger partial charge in [0.1, 0.15) is 0 Å². The number of hydrogen-bond acceptors (Lipinski definition) is 4. The molecule has 0 atom stereocenters. The second-order valence-corrected chi connectivity index (χ2v) is 2.94. The Morgan fingerprint density at radius 1 is 1.67 bits per heavy atom. The van der Waals surface area contributed by atoms with E-state index in [2.05, 4.69) is 5.16 Å². The average molecular weight is 185 g/mol. The molecule has 0 spiro atoms. The highest BCUT2D eigenvalue weighted by atomic mass is 32.1. The Morgan fingerprint density at radius 3 is 2.83 bits per heavy atom. The van der Waals surface area contributed by atoms with Crippen LogP contribution < -0.4 is 0 Å². The molecular weight excluding hydrogens is 178 g/mol. The van der Waals surface area contributed by atoms with Crippen molar-refractivity contribution < 1.29 is 15.1 Å². The topological polar surface area (TPSA) is 69.9 Å². The molecule has 12 heavy (non-hydrogen) atoms. The summed E-state index contributed by atoms with van der Waals surface area (Å²) in [6.45, 7) is 0. The van der Waals surface area contributed by atoms with Gasteiger partial charge in [-0.05, 0) is 22.4 Å². The maximum atomic E-state index is 10.4. The lowest BCUT2D eigenvalue weighted by molar-refractivity contribution is -0.129. The van der Waals surface area contributed by atoms with Crippen LogP contribution in [0.3, 0.4) is 0 Å². The van der Waals surface area contributed by atoms with Gasteiger partial charge in [-0.3, -0.25) is 0 Å². The highest BCUT2D eigenvalue weighted by Gasteiger charge is 2.10. The standard InChI is InChI=1S/C7H7NO3S/c9-7(10)6(8-11)3-5-1-2-12-4-5/h1-2,4,11H,3H2,(H,9,10). The third-order valence-corrected chi connectivity index (χ3v) is 2.05. The molecule has 0 radical (unpaired) electrons. The molecule has 0 aliphatic rings. The Hall–Kier alpha value is -1.36. The lowest BCUT2D eigenvalue weighted by atomic mass is 10.2. The predicted octanol–water partition coefficient (Wildman–Crippen LogP) is 1.21. The Labute approximate surface area is 72.8 Å². The van der Waals surface area contributed by atoms with Crippen molar-refractivity contribution in [2.24, 2.45) is 5.16 Å². The summed E-state index contributed by atoms with van der Waals surface area (Å²) >= 11 is 1.47. The van der Waals surface area contributed by atoms with Crippen LogP contribution in [0.4, 0.5) is 0 Å². The molecule has 0 aliphatic carbocycles. The molecule has 4 nitrogen and oxygen atoms in total. The summed E-state index contributed by atoms with van der Waals surface area (Å²) in [5, 5.41) is 23.1. The second-order valence-electron chi connectivity index (χ2n) is 2.16. The zero-order chi connectivity index (χ0) is 8.97. The minimum Gasteiger partial charge on any atom is -0.477 e. The van der Waals surface area contributed by atoms with Crippen LogP contribution in [0.1, 0.15) is 5.56 Å². The van der Waals surface area contributed by atoms with Gasteiger partial charge in [-0.15, -0.1) is 0 Å². The number of carboxylic acids is 1. The van der Waals surface area contributed by atoms with E-state index in [0.717, 1.165) is 5.56 Å². The maximum absolute atomic E-state index is 10.4. The van der Waals surface area contributed by atoms with E-state index in [1.54, 1.807) is 6.07 Å². The van der Waals surface area contributed by atoms with E-state index >= 15 is 0 Å². The van der Waals surface area contributed by atoms with Crippen molar-refractivity contribution in [3.05, 3.63) is 22.4 Å². The average Bonchev–Trinajstić information content (AvgIpc) is 2.51. The van der Waals surface area contributed by atoms with E-state index < -0.39 is 5.97 Å². The summed E-state index contributed by atoms with van der Waals surface area (Å²) in [4.78, 5) is 10.4. The number of carbonyl (C=O) groups is 1. The Morgan fingerprint density at radius 2 is 2.42 bits per heavy atom.